The van der Waals surface area contributed by atoms with Crippen LogP contribution in [0.4, 0.5) is 11.5 Å². The molecular formula is C54H68N10O8S. The maximum atomic E-state index is 14.2. The molecule has 6 N–H and O–H groups in total. The number of nitrogens with one attached hydrogen (secondary N) is 2. The van der Waals surface area contributed by atoms with Crippen molar-refractivity contribution in [3.05, 3.63) is 95.6 Å². The van der Waals surface area contributed by atoms with Gasteiger partial charge in [0.25, 0.3) is 0 Å². The van der Waals surface area contributed by atoms with E-state index >= 15 is 0 Å². The van der Waals surface area contributed by atoms with Crippen LogP contribution in [0.2, 0.25) is 0 Å². The lowest BCUT2D eigenvalue weighted by atomic mass is 9.85. The number of para-hydroxylation sites is 1. The van der Waals surface area contributed by atoms with Gasteiger partial charge < -0.3 is 50.8 Å². The van der Waals surface area contributed by atoms with Gasteiger partial charge in [-0.2, -0.15) is 0 Å². The number of nitrogens with zero attached hydrogens (tertiary/aromatic N) is 7. The lowest BCUT2D eigenvalue weighted by molar-refractivity contribution is -0.144. The maximum Gasteiger partial charge on any atom is 0.246 e. The summed E-state index contributed by atoms with van der Waals surface area (Å²) >= 11 is 1.57. The minimum atomic E-state index is -0.995. The highest BCUT2D eigenvalue weighted by atomic mass is 32.1. The van der Waals surface area contributed by atoms with Crippen LogP contribution in [-0.2, 0) is 19.2 Å². The first kappa shape index (κ1) is 52.5. The van der Waals surface area contributed by atoms with Gasteiger partial charge in [0.2, 0.25) is 23.6 Å². The molecule has 0 spiro atoms. The van der Waals surface area contributed by atoms with Crippen molar-refractivity contribution < 1.29 is 38.9 Å². The zero-order valence-electron chi connectivity index (χ0n) is 42.3. The summed E-state index contributed by atoms with van der Waals surface area (Å²) in [6.45, 7) is 14.3. The number of aromatic hydroxyl groups is 1. The van der Waals surface area contributed by atoms with Crippen LogP contribution in [-0.4, -0.2) is 147 Å². The largest absolute Gasteiger partial charge is 0.507 e. The van der Waals surface area contributed by atoms with Crippen LogP contribution in [0.15, 0.2) is 84.4 Å². The summed E-state index contributed by atoms with van der Waals surface area (Å²) in [6, 6.07) is 22.3. The van der Waals surface area contributed by atoms with Crippen molar-refractivity contribution in [1.82, 2.24) is 40.5 Å². The van der Waals surface area contributed by atoms with E-state index in [0.717, 1.165) is 52.5 Å². The number of β-amino-alcohol motifs (C(OH)–C–C–N with tert-alkyl or cyclic N) is 1. The Bertz CT molecular complexity index is 2720. The monoisotopic (exact) mass is 1020 g/mol. The molecule has 0 aliphatic carbocycles. The summed E-state index contributed by atoms with van der Waals surface area (Å²) in [6.07, 6.45) is 0.700. The lowest BCUT2D eigenvalue weighted by Crippen LogP contribution is -2.58. The van der Waals surface area contributed by atoms with Crippen LogP contribution in [0.25, 0.3) is 21.7 Å². The molecule has 18 nitrogen and oxygen atoms in total. The number of piperazine rings is 1. The fourth-order valence-corrected chi connectivity index (χ4v) is 10.5. The molecule has 0 radical (unpaired) electrons. The lowest BCUT2D eigenvalue weighted by Gasteiger charge is -2.36. The Balaban J connectivity index is 0.758. The van der Waals surface area contributed by atoms with Crippen LogP contribution in [0.3, 0.4) is 0 Å². The van der Waals surface area contributed by atoms with Gasteiger partial charge in [-0.1, -0.05) is 63.2 Å². The molecule has 5 heterocycles. The summed E-state index contributed by atoms with van der Waals surface area (Å²) < 4.78 is 12.6. The molecule has 2 aromatic heterocycles. The molecule has 0 bridgehead atoms. The van der Waals surface area contributed by atoms with E-state index in [1.165, 1.54) is 4.90 Å². The minimum Gasteiger partial charge on any atom is -0.507 e. The molecule has 19 heteroatoms. The van der Waals surface area contributed by atoms with Crippen LogP contribution in [0, 0.1) is 12.3 Å². The number of thiazole rings is 1. The van der Waals surface area contributed by atoms with E-state index in [1.807, 2.05) is 88.7 Å². The van der Waals surface area contributed by atoms with Crippen molar-refractivity contribution in [1.29, 1.82) is 0 Å². The Kier molecular flexibility index (Phi) is 16.8. The predicted molar refractivity (Wildman–Crippen MR) is 280 cm³/mol. The molecule has 5 aromatic rings. The molecule has 8 rings (SSSR count). The third-order valence-corrected chi connectivity index (χ3v) is 14.8. The Morgan fingerprint density at radius 3 is 2.41 bits per heavy atom. The van der Waals surface area contributed by atoms with Gasteiger partial charge in [-0.25, -0.2) is 4.98 Å². The zero-order valence-corrected chi connectivity index (χ0v) is 43.1. The number of aliphatic hydroxyl groups is 1. The second-order valence-corrected chi connectivity index (χ2v) is 21.1. The topological polar surface area (TPSA) is 229 Å². The highest BCUT2D eigenvalue weighted by Gasteiger charge is 2.45. The number of nitrogens with two attached hydrogens (primary N) is 1. The van der Waals surface area contributed by atoms with Crippen LogP contribution >= 0.6 is 11.3 Å². The predicted octanol–water partition coefficient (Wildman–Crippen LogP) is 5.58. The number of aliphatic hydroxyl groups excluding tert-OH is 1. The molecule has 4 amide bonds. The summed E-state index contributed by atoms with van der Waals surface area (Å²) in [5, 5.41) is 35.2. The normalized spacial score (nSPS) is 19.3. The maximum absolute atomic E-state index is 14.2. The minimum absolute atomic E-state index is 0.00798. The molecule has 73 heavy (non-hydrogen) atoms. The fraction of sp³-hybridized carbons (Fsp3) is 0.463. The van der Waals surface area contributed by atoms with E-state index in [0.29, 0.717) is 62.9 Å². The molecule has 3 saturated heterocycles. The molecule has 3 aliphatic rings. The number of likely N-dealkylation sites (tertiary alicyclic amines) is 1. The highest BCUT2D eigenvalue weighted by Crippen LogP contribution is 2.34. The first-order valence-corrected chi connectivity index (χ1v) is 26.0. The Hall–Kier alpha value is -6.83. The number of phenols is 1. The summed E-state index contributed by atoms with van der Waals surface area (Å²) in [7, 11) is 0. The zero-order chi connectivity index (χ0) is 51.8. The number of amides is 4. The summed E-state index contributed by atoms with van der Waals surface area (Å²) in [5.74, 6) is 0.0646. The third-order valence-electron chi connectivity index (χ3n) is 13.8. The number of hydrogen-bond acceptors (Lipinski definition) is 15. The number of anilines is 2. The highest BCUT2D eigenvalue weighted by molar-refractivity contribution is 7.13. The van der Waals surface area contributed by atoms with Gasteiger partial charge in [0.1, 0.15) is 42.0 Å². The summed E-state index contributed by atoms with van der Waals surface area (Å²) in [5.41, 5.74) is 12.2. The van der Waals surface area contributed by atoms with Crippen molar-refractivity contribution in [2.24, 2.45) is 5.41 Å². The van der Waals surface area contributed by atoms with Crippen molar-refractivity contribution in [2.45, 2.75) is 97.1 Å². The van der Waals surface area contributed by atoms with Crippen molar-refractivity contribution in [3.8, 4) is 38.9 Å². The van der Waals surface area contributed by atoms with Gasteiger partial charge in [-0.05, 0) is 67.5 Å². The number of carbonyl (C=O) groups excluding carboxylic acids is 4. The number of nitrogen functional groups attached to an aromatic ring is 1. The van der Waals surface area contributed by atoms with Crippen LogP contribution in [0.5, 0.6) is 17.2 Å². The first-order valence-electron chi connectivity index (χ1n) is 25.2. The number of carbonyl (C=O) groups is 4. The molecule has 0 saturated carbocycles. The van der Waals surface area contributed by atoms with E-state index in [1.54, 1.807) is 40.5 Å². The molecular weight excluding hydrogens is 949 g/mol. The molecule has 3 aliphatic heterocycles. The van der Waals surface area contributed by atoms with Crippen LogP contribution < -0.4 is 30.7 Å². The van der Waals surface area contributed by atoms with Gasteiger partial charge >= 0.3 is 0 Å². The molecule has 3 aromatic carbocycles. The summed E-state index contributed by atoms with van der Waals surface area (Å²) in [4.78, 5) is 67.8. The van der Waals surface area contributed by atoms with Crippen LogP contribution in [0.1, 0.15) is 77.1 Å². The number of piperidine rings is 1. The number of hydrogen-bond donors (Lipinski definition) is 5. The Labute approximate surface area is 430 Å². The average Bonchev–Trinajstić information content (AvgIpc) is 4.00. The number of aryl methyl sites for hydroxylation is 1. The third kappa shape index (κ3) is 13.2. The van der Waals surface area contributed by atoms with Gasteiger partial charge in [-0.15, -0.1) is 21.5 Å². The standard InChI is InChI=1S/C54H68N10O8S/c1-34(36-15-17-37(18-16-36)49-35(2)56-33-73-49)57-52(69)44-29-39(65)31-64(44)53(70)50(54(3,4)5)58-47(67)19-20-48(68)62-24-22-61(23-25-62)26-27-71-40-11-8-10-38(28-40)63-21-9-12-41(32-63)72-46-30-43(59-60-51(46)55)42-13-6-7-14-45(42)66/h6-8,10-11,13-18,28,30,33-34,39,41,44,50,65-66H,9,12,19-27,29,31-32H2,1-5H3,(H2,55,60)(H,57,69)(H,58,67)/t34-,39+,41?,44-,50+/m0/s1. The SMILES string of the molecule is Cc1ncsc1-c1ccc([C@H](C)NC(=O)[C@@H]2C[C@@H](O)CN2C(=O)[C@@H](NC(=O)CCC(=O)N2CCN(CCOc3cccc(N4CCCC(Oc5cc(-c6ccccc6O)nnc5N)C4)c3)CC2)C(C)(C)C)cc1. The van der Waals surface area contributed by atoms with Crippen molar-refractivity contribution in [3.63, 3.8) is 0 Å². The molecule has 5 atom stereocenters. The number of aromatic nitrogens is 3. The van der Waals surface area contributed by atoms with E-state index < -0.39 is 35.4 Å². The van der Waals surface area contributed by atoms with Gasteiger partial charge in [0.05, 0.1) is 34.8 Å². The number of ether oxygens (including phenoxy) is 2. The average molecular weight is 1020 g/mol. The van der Waals surface area contributed by atoms with E-state index in [4.69, 9.17) is 15.2 Å². The quantitative estimate of drug-likeness (QED) is 0.0766. The molecule has 3 fully saturated rings. The first-order chi connectivity index (χ1) is 35.0. The smallest absolute Gasteiger partial charge is 0.246 e. The molecule has 388 valence electrons. The Morgan fingerprint density at radius 1 is 0.918 bits per heavy atom. The van der Waals surface area contributed by atoms with E-state index in [2.05, 4.69) is 41.7 Å². The second kappa shape index (κ2) is 23.4. The van der Waals surface area contributed by atoms with Gasteiger partial charge in [0, 0.05) is 88.5 Å². The Morgan fingerprint density at radius 2 is 1.68 bits per heavy atom. The number of rotatable bonds is 17. The van der Waals surface area contributed by atoms with E-state index in [9.17, 15) is 29.4 Å². The molecule has 1 unspecified atom stereocenters. The second-order valence-electron chi connectivity index (χ2n) is 20.3. The number of phenolic OH excluding ortho intramolecular Hbond substituents is 1. The van der Waals surface area contributed by atoms with Gasteiger partial charge in [0.15, 0.2) is 11.6 Å². The van der Waals surface area contributed by atoms with Crippen molar-refractivity contribution in [2.75, 3.05) is 69.6 Å². The van der Waals surface area contributed by atoms with Gasteiger partial charge in [-0.3, -0.25) is 24.1 Å². The van der Waals surface area contributed by atoms with E-state index in [-0.39, 0.29) is 61.3 Å². The fourth-order valence-electron chi connectivity index (χ4n) is 9.66. The number of benzene rings is 3. The van der Waals surface area contributed by atoms with Crippen molar-refractivity contribution >= 4 is 46.5 Å².